The minimum absolute atomic E-state index is 0.00496. The van der Waals surface area contributed by atoms with Gasteiger partial charge < -0.3 is 15.0 Å². The molecule has 1 aliphatic heterocycles. The molecule has 1 heterocycles. The molecular formula is C27H38N2O3. The van der Waals surface area contributed by atoms with Crippen LogP contribution < -0.4 is 5.32 Å². The lowest BCUT2D eigenvalue weighted by Crippen LogP contribution is -2.61. The number of nitrogens with zero attached hydrogens (tertiary/aromatic N) is 1. The lowest BCUT2D eigenvalue weighted by atomic mass is 9.47. The maximum absolute atomic E-state index is 12.6. The SMILES string of the molecule is CN1C(=O)CC[C@]2(C)[C@H]3CC[C@]4(C)[C@@H](OC(=O)NCc5ccccc5)CC[C@H]4[C@@H]3CC[C@@H]12. The van der Waals surface area contributed by atoms with Gasteiger partial charge in [0.05, 0.1) is 0 Å². The number of hydrogen-bond donors (Lipinski definition) is 1. The molecule has 4 aliphatic rings. The Balaban J connectivity index is 1.26. The Morgan fingerprint density at radius 1 is 1.03 bits per heavy atom. The first-order valence-corrected chi connectivity index (χ1v) is 12.6. The number of carbonyl (C=O) groups is 2. The van der Waals surface area contributed by atoms with Gasteiger partial charge in [0.1, 0.15) is 6.10 Å². The summed E-state index contributed by atoms with van der Waals surface area (Å²) < 4.78 is 6.05. The number of carbonyl (C=O) groups excluding carboxylic acids is 2. The van der Waals surface area contributed by atoms with Crippen LogP contribution in [0, 0.1) is 28.6 Å². The summed E-state index contributed by atoms with van der Waals surface area (Å²) in [5, 5.41) is 2.95. The third-order valence-electron chi connectivity index (χ3n) is 10.00. The van der Waals surface area contributed by atoms with Gasteiger partial charge in [-0.15, -0.1) is 0 Å². The second kappa shape index (κ2) is 8.07. The number of fused-ring (bicyclic) bond motifs is 5. The zero-order valence-electron chi connectivity index (χ0n) is 19.8. The highest BCUT2D eigenvalue weighted by atomic mass is 16.6. The Morgan fingerprint density at radius 2 is 1.78 bits per heavy atom. The van der Waals surface area contributed by atoms with Crippen LogP contribution in [0.1, 0.15) is 70.8 Å². The number of ether oxygens (including phenoxy) is 1. The molecule has 0 spiro atoms. The average Bonchev–Trinajstić information content (AvgIpc) is 3.12. The first-order valence-electron chi connectivity index (χ1n) is 12.6. The highest BCUT2D eigenvalue weighted by molar-refractivity contribution is 5.77. The Bertz CT molecular complexity index is 873. The minimum Gasteiger partial charge on any atom is -0.446 e. The van der Waals surface area contributed by atoms with Crippen LogP contribution in [0.2, 0.25) is 0 Å². The summed E-state index contributed by atoms with van der Waals surface area (Å²) in [5.41, 5.74) is 1.39. The number of nitrogens with one attached hydrogen (secondary N) is 1. The van der Waals surface area contributed by atoms with Crippen molar-refractivity contribution in [1.29, 1.82) is 0 Å². The van der Waals surface area contributed by atoms with Gasteiger partial charge in [-0.3, -0.25) is 4.79 Å². The molecule has 3 saturated carbocycles. The summed E-state index contributed by atoms with van der Waals surface area (Å²) in [5.74, 6) is 2.31. The molecule has 5 heteroatoms. The number of hydrogen-bond acceptors (Lipinski definition) is 3. The molecule has 0 aromatic heterocycles. The second-order valence-corrected chi connectivity index (χ2v) is 11.3. The smallest absolute Gasteiger partial charge is 0.407 e. The fraction of sp³-hybridized carbons (Fsp3) is 0.704. The van der Waals surface area contributed by atoms with Crippen LogP contribution in [0.15, 0.2) is 30.3 Å². The minimum atomic E-state index is -0.286. The van der Waals surface area contributed by atoms with Crippen molar-refractivity contribution in [1.82, 2.24) is 10.2 Å². The summed E-state index contributed by atoms with van der Waals surface area (Å²) in [6.45, 7) is 5.34. The van der Waals surface area contributed by atoms with Crippen LogP contribution in [-0.4, -0.2) is 36.1 Å². The van der Waals surface area contributed by atoms with Crippen molar-refractivity contribution in [3.8, 4) is 0 Å². The summed E-state index contributed by atoms with van der Waals surface area (Å²) in [7, 11) is 2.02. The van der Waals surface area contributed by atoms with Crippen LogP contribution in [0.25, 0.3) is 0 Å². The quantitative estimate of drug-likeness (QED) is 0.710. The van der Waals surface area contributed by atoms with Crippen molar-refractivity contribution >= 4 is 12.0 Å². The molecule has 0 unspecified atom stereocenters. The second-order valence-electron chi connectivity index (χ2n) is 11.3. The topological polar surface area (TPSA) is 58.6 Å². The van der Waals surface area contributed by atoms with E-state index in [-0.39, 0.29) is 23.0 Å². The highest BCUT2D eigenvalue weighted by Crippen LogP contribution is 2.65. The molecule has 1 N–H and O–H groups in total. The number of alkyl carbamates (subject to hydrolysis) is 1. The largest absolute Gasteiger partial charge is 0.446 e. The number of likely N-dealkylation sites (tertiary alicyclic amines) is 1. The molecule has 7 atom stereocenters. The first kappa shape index (κ1) is 21.8. The molecular weight excluding hydrogens is 400 g/mol. The van der Waals surface area contributed by atoms with Crippen molar-refractivity contribution in [3.63, 3.8) is 0 Å². The Kier molecular flexibility index (Phi) is 5.50. The van der Waals surface area contributed by atoms with Gasteiger partial charge in [-0.25, -0.2) is 4.79 Å². The Hall–Kier alpha value is -2.04. The van der Waals surface area contributed by atoms with Gasteiger partial charge in [0.15, 0.2) is 0 Å². The fourth-order valence-electron chi connectivity index (χ4n) is 8.24. The van der Waals surface area contributed by atoms with Crippen LogP contribution in [0.3, 0.4) is 0 Å². The molecule has 32 heavy (non-hydrogen) atoms. The zero-order chi connectivity index (χ0) is 22.5. The Labute approximate surface area is 192 Å². The van der Waals surface area contributed by atoms with E-state index in [2.05, 4.69) is 24.1 Å². The Morgan fingerprint density at radius 3 is 2.56 bits per heavy atom. The lowest BCUT2D eigenvalue weighted by Gasteiger charge is -2.61. The van der Waals surface area contributed by atoms with Gasteiger partial charge in [0.25, 0.3) is 0 Å². The monoisotopic (exact) mass is 438 g/mol. The normalized spacial score (nSPS) is 40.8. The third-order valence-corrected chi connectivity index (χ3v) is 10.00. The van der Waals surface area contributed by atoms with Crippen LogP contribution >= 0.6 is 0 Å². The van der Waals surface area contributed by atoms with Crippen LogP contribution in [-0.2, 0) is 16.1 Å². The van der Waals surface area contributed by atoms with Gasteiger partial charge in [-0.2, -0.15) is 0 Å². The molecule has 5 rings (SSSR count). The van der Waals surface area contributed by atoms with E-state index < -0.39 is 0 Å². The van der Waals surface area contributed by atoms with E-state index in [1.807, 2.05) is 37.4 Å². The predicted octanol–water partition coefficient (Wildman–Crippen LogP) is 5.14. The first-order chi connectivity index (χ1) is 15.3. The molecule has 3 aliphatic carbocycles. The van der Waals surface area contributed by atoms with E-state index in [0.29, 0.717) is 42.7 Å². The molecule has 1 saturated heterocycles. The van der Waals surface area contributed by atoms with E-state index in [1.165, 1.54) is 12.8 Å². The maximum atomic E-state index is 12.6. The number of amides is 2. The van der Waals surface area contributed by atoms with Crippen molar-refractivity contribution in [2.24, 2.45) is 28.6 Å². The van der Waals surface area contributed by atoms with Crippen molar-refractivity contribution in [3.05, 3.63) is 35.9 Å². The molecule has 0 bridgehead atoms. The van der Waals surface area contributed by atoms with E-state index >= 15 is 0 Å². The molecule has 1 aromatic carbocycles. The summed E-state index contributed by atoms with van der Waals surface area (Å²) in [6, 6.07) is 10.4. The van der Waals surface area contributed by atoms with Gasteiger partial charge in [-0.1, -0.05) is 44.2 Å². The van der Waals surface area contributed by atoms with E-state index in [4.69, 9.17) is 4.74 Å². The maximum Gasteiger partial charge on any atom is 0.407 e. The zero-order valence-corrected chi connectivity index (χ0v) is 19.8. The van der Waals surface area contributed by atoms with Crippen LogP contribution in [0.4, 0.5) is 4.79 Å². The number of rotatable bonds is 3. The summed E-state index contributed by atoms with van der Waals surface area (Å²) in [4.78, 5) is 27.0. The van der Waals surface area contributed by atoms with Gasteiger partial charge >= 0.3 is 6.09 Å². The summed E-state index contributed by atoms with van der Waals surface area (Å²) >= 11 is 0. The molecule has 2 amide bonds. The average molecular weight is 439 g/mol. The van der Waals surface area contributed by atoms with E-state index in [9.17, 15) is 9.59 Å². The predicted molar refractivity (Wildman–Crippen MR) is 124 cm³/mol. The van der Waals surface area contributed by atoms with Crippen molar-refractivity contribution in [2.75, 3.05) is 7.05 Å². The molecule has 0 radical (unpaired) electrons. The van der Waals surface area contributed by atoms with Crippen LogP contribution in [0.5, 0.6) is 0 Å². The number of benzene rings is 1. The van der Waals surface area contributed by atoms with Gasteiger partial charge in [0.2, 0.25) is 5.91 Å². The lowest BCUT2D eigenvalue weighted by molar-refractivity contribution is -0.159. The molecule has 1 aromatic rings. The van der Waals surface area contributed by atoms with Gasteiger partial charge in [-0.05, 0) is 73.7 Å². The van der Waals surface area contributed by atoms with E-state index in [1.54, 1.807) is 0 Å². The summed E-state index contributed by atoms with van der Waals surface area (Å²) in [6.07, 6.45) is 8.22. The highest BCUT2D eigenvalue weighted by Gasteiger charge is 2.61. The van der Waals surface area contributed by atoms with E-state index in [0.717, 1.165) is 37.7 Å². The molecule has 4 fully saturated rings. The molecule has 174 valence electrons. The molecule has 5 nitrogen and oxygen atoms in total. The van der Waals surface area contributed by atoms with Gasteiger partial charge in [0, 0.05) is 31.5 Å². The standard InChI is InChI=1S/C27H38N2O3/c1-26-16-14-24(30)29(3)22(26)11-9-19-20-10-12-23(27(20,2)15-13-21(19)26)32-25(31)28-17-18-7-5-4-6-8-18/h4-8,19-23H,9-17H2,1-3H3,(H,28,31)/t19-,20-,21-,22+,23-,26+,27-/m0/s1. The fourth-order valence-corrected chi connectivity index (χ4v) is 8.24. The van der Waals surface area contributed by atoms with Crippen molar-refractivity contribution in [2.45, 2.75) is 83.9 Å². The third kappa shape index (κ3) is 3.43. The van der Waals surface area contributed by atoms with Crippen molar-refractivity contribution < 1.29 is 14.3 Å². The number of piperidine rings is 1.